The molecule has 0 heterocycles. The number of hydrogen-bond acceptors (Lipinski definition) is 7. The first kappa shape index (κ1) is 40.8. The number of unbranched alkanes of at least 4 members (excludes halogenated alkanes) is 7. The van der Waals surface area contributed by atoms with E-state index in [1.807, 2.05) is 26.0 Å². The first-order valence-electron chi connectivity index (χ1n) is 19.2. The third-order valence-electron chi connectivity index (χ3n) is 9.66. The Kier molecular flexibility index (Phi) is 18.2. The molecule has 7 nitrogen and oxygen atoms in total. The Morgan fingerprint density at radius 2 is 1.40 bits per heavy atom. The normalized spacial score (nSPS) is 16.0. The topological polar surface area (TPSA) is 88.1 Å². The molecule has 0 spiro atoms. The summed E-state index contributed by atoms with van der Waals surface area (Å²) >= 11 is 0. The first-order chi connectivity index (χ1) is 24.1. The van der Waals surface area contributed by atoms with Crippen molar-refractivity contribution in [3.05, 3.63) is 71.8 Å². The second-order valence-corrected chi connectivity index (χ2v) is 14.7. The van der Waals surface area contributed by atoms with E-state index in [0.29, 0.717) is 42.4 Å². The van der Waals surface area contributed by atoms with Gasteiger partial charge in [-0.3, -0.25) is 4.79 Å². The molecule has 0 aliphatic heterocycles. The molecule has 3 rings (SSSR count). The van der Waals surface area contributed by atoms with Gasteiger partial charge in [-0.05, 0) is 145 Å². The van der Waals surface area contributed by atoms with Gasteiger partial charge in [-0.25, -0.2) is 9.59 Å². The largest absolute Gasteiger partial charge is 0.494 e. The van der Waals surface area contributed by atoms with Gasteiger partial charge in [-0.2, -0.15) is 0 Å². The summed E-state index contributed by atoms with van der Waals surface area (Å²) < 4.78 is 22.3. The number of rotatable bonds is 23. The lowest BCUT2D eigenvalue weighted by molar-refractivity contribution is -0.152. The molecule has 0 saturated heterocycles. The summed E-state index contributed by atoms with van der Waals surface area (Å²) in [5, 5.41) is 0. The molecule has 0 N–H and O–H groups in total. The van der Waals surface area contributed by atoms with Crippen LogP contribution in [0.4, 0.5) is 0 Å². The summed E-state index contributed by atoms with van der Waals surface area (Å²) in [6.07, 6.45) is 17.9. The van der Waals surface area contributed by atoms with Crippen molar-refractivity contribution in [3.63, 3.8) is 0 Å². The number of esters is 3. The summed E-state index contributed by atoms with van der Waals surface area (Å²) in [6, 6.07) is 15.2. The van der Waals surface area contributed by atoms with Gasteiger partial charge in [0.1, 0.15) is 17.1 Å². The molecule has 0 unspecified atom stereocenters. The highest BCUT2D eigenvalue weighted by atomic mass is 16.6. The number of ether oxygens (including phenoxy) is 4. The molecule has 50 heavy (non-hydrogen) atoms. The molecule has 7 heteroatoms. The third kappa shape index (κ3) is 15.9. The average Bonchev–Trinajstić information content (AvgIpc) is 3.10. The fourth-order valence-electron chi connectivity index (χ4n) is 6.52. The van der Waals surface area contributed by atoms with E-state index < -0.39 is 5.60 Å². The highest BCUT2D eigenvalue weighted by Gasteiger charge is 2.23. The minimum Gasteiger partial charge on any atom is -0.494 e. The predicted octanol–water partition coefficient (Wildman–Crippen LogP) is 11.1. The van der Waals surface area contributed by atoms with Gasteiger partial charge in [0.2, 0.25) is 0 Å². The van der Waals surface area contributed by atoms with Crippen LogP contribution in [-0.4, -0.2) is 36.7 Å². The van der Waals surface area contributed by atoms with Crippen LogP contribution in [0, 0.1) is 5.92 Å². The Labute approximate surface area is 301 Å². The number of carbonyl (C=O) groups excluding carboxylic acids is 3. The van der Waals surface area contributed by atoms with E-state index in [0.717, 1.165) is 63.0 Å². The monoisotopic (exact) mass is 690 g/mol. The Bertz CT molecular complexity index is 1300. The summed E-state index contributed by atoms with van der Waals surface area (Å²) in [7, 11) is 0. The van der Waals surface area contributed by atoms with E-state index in [4.69, 9.17) is 18.9 Å². The summed E-state index contributed by atoms with van der Waals surface area (Å²) in [5.41, 5.74) is 1.70. The molecular formula is C43H62O7. The summed E-state index contributed by atoms with van der Waals surface area (Å²) in [4.78, 5) is 36.5. The van der Waals surface area contributed by atoms with Crippen molar-refractivity contribution >= 4 is 17.9 Å². The van der Waals surface area contributed by atoms with Crippen LogP contribution < -0.4 is 9.47 Å². The maximum Gasteiger partial charge on any atom is 0.343 e. The van der Waals surface area contributed by atoms with Crippen LogP contribution >= 0.6 is 0 Å². The van der Waals surface area contributed by atoms with Gasteiger partial charge in [0.05, 0.1) is 18.8 Å². The number of benzene rings is 2. The molecule has 1 fully saturated rings. The van der Waals surface area contributed by atoms with Crippen molar-refractivity contribution < 1.29 is 33.3 Å². The Balaban J connectivity index is 1.20. The van der Waals surface area contributed by atoms with Crippen LogP contribution in [0.2, 0.25) is 0 Å². The van der Waals surface area contributed by atoms with Gasteiger partial charge in [-0.1, -0.05) is 57.7 Å². The van der Waals surface area contributed by atoms with E-state index in [-0.39, 0.29) is 17.9 Å². The zero-order valence-electron chi connectivity index (χ0n) is 31.3. The Hall–Kier alpha value is -3.61. The van der Waals surface area contributed by atoms with Gasteiger partial charge in [0.15, 0.2) is 0 Å². The minimum atomic E-state index is -0.540. The quantitative estimate of drug-likeness (QED) is 0.0496. The minimum absolute atomic E-state index is 0.160. The smallest absolute Gasteiger partial charge is 0.343 e. The molecule has 0 atom stereocenters. The summed E-state index contributed by atoms with van der Waals surface area (Å²) in [6.45, 7) is 12.3. The van der Waals surface area contributed by atoms with Gasteiger partial charge in [0, 0.05) is 12.0 Å². The van der Waals surface area contributed by atoms with Crippen LogP contribution in [0.25, 0.3) is 0 Å². The molecule has 0 amide bonds. The van der Waals surface area contributed by atoms with Crippen LogP contribution in [0.5, 0.6) is 11.5 Å². The van der Waals surface area contributed by atoms with E-state index in [1.165, 1.54) is 56.9 Å². The van der Waals surface area contributed by atoms with Crippen molar-refractivity contribution in [3.8, 4) is 11.5 Å². The van der Waals surface area contributed by atoms with Crippen LogP contribution in [0.15, 0.2) is 60.7 Å². The lowest BCUT2D eigenvalue weighted by Crippen LogP contribution is -2.28. The second kappa shape index (κ2) is 22.3. The highest BCUT2D eigenvalue weighted by Crippen LogP contribution is 2.38. The van der Waals surface area contributed by atoms with E-state index in [9.17, 15) is 14.4 Å². The Morgan fingerprint density at radius 3 is 2.06 bits per heavy atom. The average molecular weight is 691 g/mol. The molecule has 2 aromatic rings. The zero-order valence-corrected chi connectivity index (χ0v) is 31.3. The molecular weight excluding hydrogens is 628 g/mol. The van der Waals surface area contributed by atoms with Crippen molar-refractivity contribution in [2.45, 2.75) is 148 Å². The van der Waals surface area contributed by atoms with E-state index in [1.54, 1.807) is 31.2 Å². The molecule has 0 bridgehead atoms. The molecule has 1 saturated carbocycles. The van der Waals surface area contributed by atoms with Gasteiger partial charge >= 0.3 is 17.9 Å². The fourth-order valence-corrected chi connectivity index (χ4v) is 6.52. The van der Waals surface area contributed by atoms with E-state index in [2.05, 4.69) is 25.6 Å². The SMILES string of the molecule is C=C(C)C(=O)OC(C)(C)CCCCCC(=O)OCCCCCCOc1ccc(C(=O)Oc2ccc(C3CCC(CCCCC)CC3)cc2)cc1. The van der Waals surface area contributed by atoms with Crippen molar-refractivity contribution in [2.75, 3.05) is 13.2 Å². The molecule has 0 radical (unpaired) electrons. The van der Waals surface area contributed by atoms with Crippen LogP contribution in [0.1, 0.15) is 159 Å². The van der Waals surface area contributed by atoms with Gasteiger partial charge in [-0.15, -0.1) is 0 Å². The van der Waals surface area contributed by atoms with Crippen molar-refractivity contribution in [1.29, 1.82) is 0 Å². The van der Waals surface area contributed by atoms with Crippen molar-refractivity contribution in [1.82, 2.24) is 0 Å². The third-order valence-corrected chi connectivity index (χ3v) is 9.66. The van der Waals surface area contributed by atoms with Gasteiger partial charge in [0.25, 0.3) is 0 Å². The molecule has 0 aromatic heterocycles. The maximum atomic E-state index is 12.7. The maximum absolute atomic E-state index is 12.7. The molecule has 1 aliphatic carbocycles. The lowest BCUT2D eigenvalue weighted by Gasteiger charge is -2.29. The molecule has 2 aromatic carbocycles. The molecule has 1 aliphatic rings. The van der Waals surface area contributed by atoms with Crippen LogP contribution in [-0.2, 0) is 19.1 Å². The highest BCUT2D eigenvalue weighted by molar-refractivity contribution is 5.91. The Morgan fingerprint density at radius 1 is 0.760 bits per heavy atom. The van der Waals surface area contributed by atoms with Crippen LogP contribution in [0.3, 0.4) is 0 Å². The molecule has 276 valence electrons. The predicted molar refractivity (Wildman–Crippen MR) is 200 cm³/mol. The van der Waals surface area contributed by atoms with Crippen molar-refractivity contribution in [2.24, 2.45) is 5.92 Å². The number of hydrogen-bond donors (Lipinski definition) is 0. The van der Waals surface area contributed by atoms with Gasteiger partial charge < -0.3 is 18.9 Å². The first-order valence-corrected chi connectivity index (χ1v) is 19.2. The van der Waals surface area contributed by atoms with E-state index >= 15 is 0 Å². The summed E-state index contributed by atoms with van der Waals surface area (Å²) in [5.74, 6) is 1.89. The zero-order chi connectivity index (χ0) is 36.2. The number of carbonyl (C=O) groups is 3. The fraction of sp³-hybridized carbons (Fsp3) is 0.605. The standard InChI is InChI=1S/C43H62O7/c1-6-7-11-16-34-18-20-35(21-19-34)36-22-28-39(29-23-36)49-42(46)37-24-26-38(27-25-37)47-31-14-8-9-15-32-48-40(44)17-12-10-13-30-43(4,5)50-41(45)33(2)3/h22-29,34-35H,2,6-21,30-32H2,1,3-5H3. The second-order valence-electron chi connectivity index (χ2n) is 14.7. The lowest BCUT2D eigenvalue weighted by atomic mass is 9.77.